The van der Waals surface area contributed by atoms with Gasteiger partial charge in [0.2, 0.25) is 0 Å². The summed E-state index contributed by atoms with van der Waals surface area (Å²) in [4.78, 5) is 41.7. The average Bonchev–Trinajstić information content (AvgIpc) is 3.74. The molecule has 2 amide bonds. The van der Waals surface area contributed by atoms with Crippen LogP contribution in [0.4, 0.5) is 0 Å². The quantitative estimate of drug-likeness (QED) is 0.345. The molecule has 4 aromatic rings. The van der Waals surface area contributed by atoms with E-state index in [1.165, 1.54) is 0 Å². The molecule has 7 nitrogen and oxygen atoms in total. The number of nitrogens with one attached hydrogen (secondary N) is 2. The number of rotatable bonds is 9. The SMILES string of the molecule is Cc1ccc(C(=O)NC2CC2)cc1-c1ccc2c(=O)n(Cc3ccccc3)cc(C(=O)NCCN(C)C)c2c1. The molecule has 200 valence electrons. The fourth-order valence-corrected chi connectivity index (χ4v) is 4.70. The molecule has 0 atom stereocenters. The van der Waals surface area contributed by atoms with Gasteiger partial charge in [-0.05, 0) is 80.4 Å². The van der Waals surface area contributed by atoms with Crippen LogP contribution in [0.1, 0.15) is 44.7 Å². The van der Waals surface area contributed by atoms with Crippen LogP contribution in [0.25, 0.3) is 21.9 Å². The van der Waals surface area contributed by atoms with Gasteiger partial charge in [0.25, 0.3) is 17.4 Å². The van der Waals surface area contributed by atoms with Crippen molar-refractivity contribution in [3.8, 4) is 11.1 Å². The zero-order valence-electron chi connectivity index (χ0n) is 22.7. The molecule has 1 aliphatic rings. The fraction of sp³-hybridized carbons (Fsp3) is 0.281. The summed E-state index contributed by atoms with van der Waals surface area (Å²) in [5.74, 6) is -0.306. The summed E-state index contributed by atoms with van der Waals surface area (Å²) in [6.45, 7) is 3.55. The summed E-state index contributed by atoms with van der Waals surface area (Å²) in [6.07, 6.45) is 3.71. The summed E-state index contributed by atoms with van der Waals surface area (Å²) >= 11 is 0. The van der Waals surface area contributed by atoms with Gasteiger partial charge >= 0.3 is 0 Å². The summed E-state index contributed by atoms with van der Waals surface area (Å²) in [6, 6.07) is 21.3. The molecule has 3 aromatic carbocycles. The highest BCUT2D eigenvalue weighted by atomic mass is 16.2. The summed E-state index contributed by atoms with van der Waals surface area (Å²) in [7, 11) is 3.91. The lowest BCUT2D eigenvalue weighted by Gasteiger charge is -2.16. The third-order valence-corrected chi connectivity index (χ3v) is 7.09. The zero-order valence-corrected chi connectivity index (χ0v) is 22.7. The smallest absolute Gasteiger partial charge is 0.258 e. The first-order chi connectivity index (χ1) is 18.8. The van der Waals surface area contributed by atoms with E-state index in [0.29, 0.717) is 41.5 Å². The summed E-state index contributed by atoms with van der Waals surface area (Å²) < 4.78 is 1.60. The van der Waals surface area contributed by atoms with Crippen LogP contribution in [-0.2, 0) is 6.54 Å². The minimum Gasteiger partial charge on any atom is -0.351 e. The monoisotopic (exact) mass is 522 g/mol. The molecule has 0 unspecified atom stereocenters. The molecule has 1 fully saturated rings. The van der Waals surface area contributed by atoms with Crippen LogP contribution in [0.3, 0.4) is 0 Å². The van der Waals surface area contributed by atoms with Crippen molar-refractivity contribution in [3.63, 3.8) is 0 Å². The van der Waals surface area contributed by atoms with Crippen molar-refractivity contribution in [2.24, 2.45) is 0 Å². The number of pyridine rings is 1. The highest BCUT2D eigenvalue weighted by Gasteiger charge is 2.24. The van der Waals surface area contributed by atoms with E-state index < -0.39 is 0 Å². The van der Waals surface area contributed by atoms with Gasteiger partial charge in [-0.25, -0.2) is 0 Å². The lowest BCUT2D eigenvalue weighted by atomic mass is 9.94. The number of hydrogen-bond donors (Lipinski definition) is 2. The van der Waals surface area contributed by atoms with Crippen LogP contribution in [0.2, 0.25) is 0 Å². The second-order valence-corrected chi connectivity index (χ2v) is 10.6. The number of benzene rings is 3. The Labute approximate surface area is 228 Å². The van der Waals surface area contributed by atoms with E-state index in [1.54, 1.807) is 16.8 Å². The molecule has 1 saturated carbocycles. The van der Waals surface area contributed by atoms with Crippen LogP contribution in [0, 0.1) is 6.92 Å². The molecule has 1 aliphatic carbocycles. The number of carbonyl (C=O) groups is 2. The van der Waals surface area contributed by atoms with Crippen LogP contribution >= 0.6 is 0 Å². The first-order valence-corrected chi connectivity index (χ1v) is 13.4. The second-order valence-electron chi connectivity index (χ2n) is 10.6. The van der Waals surface area contributed by atoms with Crippen LogP contribution < -0.4 is 16.2 Å². The van der Waals surface area contributed by atoms with Crippen molar-refractivity contribution in [2.75, 3.05) is 27.2 Å². The predicted molar refractivity (Wildman–Crippen MR) is 155 cm³/mol. The highest BCUT2D eigenvalue weighted by Crippen LogP contribution is 2.29. The Kier molecular flexibility index (Phi) is 7.61. The van der Waals surface area contributed by atoms with Crippen molar-refractivity contribution >= 4 is 22.6 Å². The molecule has 7 heteroatoms. The van der Waals surface area contributed by atoms with Crippen molar-refractivity contribution in [2.45, 2.75) is 32.4 Å². The number of carbonyl (C=O) groups excluding carboxylic acids is 2. The third-order valence-electron chi connectivity index (χ3n) is 7.09. The van der Waals surface area contributed by atoms with Crippen molar-refractivity contribution < 1.29 is 9.59 Å². The Morgan fingerprint density at radius 3 is 2.44 bits per heavy atom. The fourth-order valence-electron chi connectivity index (χ4n) is 4.70. The number of hydrogen-bond acceptors (Lipinski definition) is 4. The van der Waals surface area contributed by atoms with Gasteiger partial charge in [0.1, 0.15) is 0 Å². The maximum absolute atomic E-state index is 13.5. The van der Waals surface area contributed by atoms with Gasteiger partial charge in [0.15, 0.2) is 0 Å². The molecule has 39 heavy (non-hydrogen) atoms. The molecule has 2 N–H and O–H groups in total. The van der Waals surface area contributed by atoms with E-state index in [-0.39, 0.29) is 23.4 Å². The Hall–Kier alpha value is -4.23. The normalized spacial score (nSPS) is 13.0. The number of aromatic nitrogens is 1. The van der Waals surface area contributed by atoms with E-state index in [4.69, 9.17) is 0 Å². The Morgan fingerprint density at radius 2 is 1.72 bits per heavy atom. The van der Waals surface area contributed by atoms with Gasteiger partial charge in [-0.2, -0.15) is 0 Å². The van der Waals surface area contributed by atoms with Gasteiger partial charge in [0, 0.05) is 41.7 Å². The van der Waals surface area contributed by atoms with E-state index in [1.807, 2.05) is 86.6 Å². The summed E-state index contributed by atoms with van der Waals surface area (Å²) in [5, 5.41) is 7.12. The van der Waals surface area contributed by atoms with Crippen molar-refractivity contribution in [1.29, 1.82) is 0 Å². The average molecular weight is 523 g/mol. The molecule has 5 rings (SSSR count). The number of nitrogens with zero attached hydrogens (tertiary/aromatic N) is 2. The predicted octanol–water partition coefficient (Wildman–Crippen LogP) is 4.21. The minimum atomic E-state index is -0.227. The van der Waals surface area contributed by atoms with Gasteiger partial charge in [0.05, 0.1) is 12.1 Å². The topological polar surface area (TPSA) is 83.4 Å². The molecular weight excluding hydrogens is 488 g/mol. The molecule has 0 bridgehead atoms. The maximum Gasteiger partial charge on any atom is 0.258 e. The summed E-state index contributed by atoms with van der Waals surface area (Å²) in [5.41, 5.74) is 4.62. The molecule has 0 aliphatic heterocycles. The second kappa shape index (κ2) is 11.3. The van der Waals surface area contributed by atoms with Crippen molar-refractivity contribution in [1.82, 2.24) is 20.1 Å². The minimum absolute atomic E-state index is 0.0794. The van der Waals surface area contributed by atoms with Crippen molar-refractivity contribution in [3.05, 3.63) is 106 Å². The molecule has 1 heterocycles. The molecule has 0 radical (unpaired) electrons. The van der Waals surface area contributed by atoms with Gasteiger partial charge < -0.3 is 20.1 Å². The molecule has 0 saturated heterocycles. The maximum atomic E-state index is 13.5. The third kappa shape index (κ3) is 6.10. The van der Waals surface area contributed by atoms with Crippen LogP contribution in [0.5, 0.6) is 0 Å². The van der Waals surface area contributed by atoms with Gasteiger partial charge in [-0.3, -0.25) is 14.4 Å². The Morgan fingerprint density at radius 1 is 0.949 bits per heavy atom. The zero-order chi connectivity index (χ0) is 27.5. The van der Waals surface area contributed by atoms with Gasteiger partial charge in [-0.15, -0.1) is 0 Å². The number of fused-ring (bicyclic) bond motifs is 1. The standard InChI is InChI=1S/C32H34N4O3/c1-21-9-10-24(30(37)34-25-12-13-25)18-27(21)23-11-14-26-28(17-23)29(31(38)33-15-16-35(2)3)20-36(32(26)39)19-22-7-5-4-6-8-22/h4-11,14,17-18,20,25H,12-13,15-16,19H2,1-3H3,(H,33,38)(H,34,37). The van der Waals surface area contributed by atoms with E-state index in [0.717, 1.165) is 35.1 Å². The number of likely N-dealkylation sites (N-methyl/N-ethyl adjacent to an activating group) is 1. The molecule has 0 spiro atoms. The van der Waals surface area contributed by atoms with E-state index in [9.17, 15) is 14.4 Å². The van der Waals surface area contributed by atoms with E-state index >= 15 is 0 Å². The van der Waals surface area contributed by atoms with Crippen LogP contribution in [0.15, 0.2) is 77.7 Å². The van der Waals surface area contributed by atoms with E-state index in [2.05, 4.69) is 10.6 Å². The largest absolute Gasteiger partial charge is 0.351 e. The first-order valence-electron chi connectivity index (χ1n) is 13.4. The lowest BCUT2D eigenvalue weighted by Crippen LogP contribution is -2.32. The van der Waals surface area contributed by atoms with Gasteiger partial charge in [-0.1, -0.05) is 42.5 Å². The number of amides is 2. The number of aryl methyl sites for hydroxylation is 1. The molecular formula is C32H34N4O3. The Bertz CT molecular complexity index is 1590. The Balaban J connectivity index is 1.58. The van der Waals surface area contributed by atoms with Crippen LogP contribution in [-0.4, -0.2) is 54.5 Å². The molecule has 1 aromatic heterocycles. The highest BCUT2D eigenvalue weighted by molar-refractivity contribution is 6.07. The first kappa shape index (κ1) is 26.4. The lowest BCUT2D eigenvalue weighted by molar-refractivity contribution is 0.0943.